The van der Waals surface area contributed by atoms with Crippen molar-refractivity contribution in [1.82, 2.24) is 20.4 Å². The van der Waals surface area contributed by atoms with E-state index in [4.69, 9.17) is 4.74 Å². The first-order chi connectivity index (χ1) is 12.3. The topological polar surface area (TPSA) is 68.2 Å². The van der Waals surface area contributed by atoms with Crippen molar-refractivity contribution in [2.24, 2.45) is 0 Å². The SMILES string of the molecule is Cc1cc(C)n(CCCNC(=O)NC(C)c2cccc(OC(C)C)c2)n1. The summed E-state index contributed by atoms with van der Waals surface area (Å²) in [6, 6.07) is 9.61. The molecule has 142 valence electrons. The van der Waals surface area contributed by atoms with Crippen LogP contribution in [0.1, 0.15) is 50.2 Å². The minimum Gasteiger partial charge on any atom is -0.491 e. The summed E-state index contributed by atoms with van der Waals surface area (Å²) in [5, 5.41) is 10.3. The summed E-state index contributed by atoms with van der Waals surface area (Å²) in [5.41, 5.74) is 3.18. The molecule has 1 aromatic carbocycles. The van der Waals surface area contributed by atoms with Gasteiger partial charge in [-0.15, -0.1) is 0 Å². The summed E-state index contributed by atoms with van der Waals surface area (Å²) >= 11 is 0. The van der Waals surface area contributed by atoms with Crippen LogP contribution in [0.5, 0.6) is 5.75 Å². The molecule has 2 amide bonds. The van der Waals surface area contributed by atoms with Gasteiger partial charge in [0.05, 0.1) is 17.8 Å². The maximum Gasteiger partial charge on any atom is 0.315 e. The van der Waals surface area contributed by atoms with Gasteiger partial charge >= 0.3 is 6.03 Å². The highest BCUT2D eigenvalue weighted by Gasteiger charge is 2.10. The van der Waals surface area contributed by atoms with E-state index in [1.165, 1.54) is 0 Å². The molecule has 1 atom stereocenters. The van der Waals surface area contributed by atoms with E-state index in [-0.39, 0.29) is 18.2 Å². The first-order valence-electron chi connectivity index (χ1n) is 9.17. The number of carbonyl (C=O) groups is 1. The van der Waals surface area contributed by atoms with Gasteiger partial charge in [0.2, 0.25) is 0 Å². The smallest absolute Gasteiger partial charge is 0.315 e. The van der Waals surface area contributed by atoms with E-state index in [0.717, 1.165) is 35.7 Å². The molecule has 0 aliphatic heterocycles. The van der Waals surface area contributed by atoms with Crippen LogP contribution < -0.4 is 15.4 Å². The molecule has 0 saturated heterocycles. The van der Waals surface area contributed by atoms with E-state index in [9.17, 15) is 4.79 Å². The second-order valence-electron chi connectivity index (χ2n) is 6.86. The van der Waals surface area contributed by atoms with Crippen LogP contribution in [-0.4, -0.2) is 28.5 Å². The average molecular weight is 358 g/mol. The second-order valence-corrected chi connectivity index (χ2v) is 6.86. The highest BCUT2D eigenvalue weighted by Crippen LogP contribution is 2.20. The lowest BCUT2D eigenvalue weighted by Gasteiger charge is -2.17. The molecule has 0 fully saturated rings. The molecule has 0 aliphatic rings. The van der Waals surface area contributed by atoms with Crippen LogP contribution in [0.3, 0.4) is 0 Å². The van der Waals surface area contributed by atoms with Crippen LogP contribution >= 0.6 is 0 Å². The van der Waals surface area contributed by atoms with Gasteiger partial charge in [0.25, 0.3) is 0 Å². The highest BCUT2D eigenvalue weighted by molar-refractivity contribution is 5.74. The summed E-state index contributed by atoms with van der Waals surface area (Å²) in [6.45, 7) is 11.4. The average Bonchev–Trinajstić information content (AvgIpc) is 2.88. The fourth-order valence-corrected chi connectivity index (χ4v) is 2.79. The van der Waals surface area contributed by atoms with Crippen molar-refractivity contribution in [3.05, 3.63) is 47.3 Å². The van der Waals surface area contributed by atoms with Gasteiger partial charge in [-0.3, -0.25) is 4.68 Å². The Kier molecular flexibility index (Phi) is 7.06. The molecule has 2 N–H and O–H groups in total. The first kappa shape index (κ1) is 19.8. The lowest BCUT2D eigenvalue weighted by Crippen LogP contribution is -2.37. The van der Waals surface area contributed by atoms with Gasteiger partial charge in [0.15, 0.2) is 0 Å². The number of aryl methyl sites for hydroxylation is 3. The van der Waals surface area contributed by atoms with Gasteiger partial charge in [-0.25, -0.2) is 4.79 Å². The van der Waals surface area contributed by atoms with Gasteiger partial charge in [-0.05, 0) is 64.8 Å². The minimum atomic E-state index is -0.166. The summed E-state index contributed by atoms with van der Waals surface area (Å²) in [4.78, 5) is 12.1. The van der Waals surface area contributed by atoms with Crippen molar-refractivity contribution < 1.29 is 9.53 Å². The van der Waals surface area contributed by atoms with Crippen molar-refractivity contribution in [3.63, 3.8) is 0 Å². The number of nitrogens with one attached hydrogen (secondary N) is 2. The molecular formula is C20H30N4O2. The van der Waals surface area contributed by atoms with Crippen LogP contribution in [0.4, 0.5) is 4.79 Å². The summed E-state index contributed by atoms with van der Waals surface area (Å²) in [5.74, 6) is 0.816. The fourth-order valence-electron chi connectivity index (χ4n) is 2.79. The third kappa shape index (κ3) is 6.10. The van der Waals surface area contributed by atoms with Crippen LogP contribution in [-0.2, 0) is 6.54 Å². The Labute approximate surface area is 155 Å². The number of hydrogen-bond acceptors (Lipinski definition) is 3. The number of urea groups is 1. The van der Waals surface area contributed by atoms with Crippen molar-refractivity contribution in [2.75, 3.05) is 6.54 Å². The fraction of sp³-hybridized carbons (Fsp3) is 0.500. The van der Waals surface area contributed by atoms with E-state index in [0.29, 0.717) is 6.54 Å². The second kappa shape index (κ2) is 9.27. The molecule has 26 heavy (non-hydrogen) atoms. The Morgan fingerprint density at radius 3 is 2.65 bits per heavy atom. The number of benzene rings is 1. The molecule has 0 radical (unpaired) electrons. The zero-order valence-electron chi connectivity index (χ0n) is 16.4. The van der Waals surface area contributed by atoms with Gasteiger partial charge in [0, 0.05) is 18.8 Å². The molecule has 2 aromatic rings. The molecule has 1 unspecified atom stereocenters. The number of amides is 2. The van der Waals surface area contributed by atoms with E-state index in [1.807, 2.05) is 63.6 Å². The van der Waals surface area contributed by atoms with Crippen LogP contribution in [0, 0.1) is 13.8 Å². The Hall–Kier alpha value is -2.50. The third-order valence-electron chi connectivity index (χ3n) is 4.01. The van der Waals surface area contributed by atoms with Crippen molar-refractivity contribution in [1.29, 1.82) is 0 Å². The Balaban J connectivity index is 1.75. The van der Waals surface area contributed by atoms with Crippen molar-refractivity contribution in [2.45, 2.75) is 59.7 Å². The number of ether oxygens (including phenoxy) is 1. The molecule has 1 aromatic heterocycles. The Morgan fingerprint density at radius 2 is 2.00 bits per heavy atom. The minimum absolute atomic E-state index is 0.0956. The summed E-state index contributed by atoms with van der Waals surface area (Å²) in [6.07, 6.45) is 0.959. The zero-order chi connectivity index (χ0) is 19.1. The molecule has 1 heterocycles. The predicted molar refractivity (Wildman–Crippen MR) is 103 cm³/mol. The zero-order valence-corrected chi connectivity index (χ0v) is 16.4. The van der Waals surface area contributed by atoms with Crippen molar-refractivity contribution in [3.8, 4) is 5.75 Å². The standard InChI is InChI=1S/C20H30N4O2/c1-14(2)26-19-9-6-8-18(13-19)17(5)22-20(25)21-10-7-11-24-16(4)12-15(3)23-24/h6,8-9,12-14,17H,7,10-11H2,1-5H3,(H2,21,22,25). The lowest BCUT2D eigenvalue weighted by atomic mass is 10.1. The molecular weight excluding hydrogens is 328 g/mol. The highest BCUT2D eigenvalue weighted by atomic mass is 16.5. The Bertz CT molecular complexity index is 724. The normalized spacial score (nSPS) is 12.1. The number of carbonyl (C=O) groups excluding carboxylic acids is 1. The maximum absolute atomic E-state index is 12.1. The van der Waals surface area contributed by atoms with Crippen LogP contribution in [0.25, 0.3) is 0 Å². The van der Waals surface area contributed by atoms with Gasteiger partial charge in [0.1, 0.15) is 5.75 Å². The molecule has 2 rings (SSSR count). The van der Waals surface area contributed by atoms with Crippen LogP contribution in [0.15, 0.2) is 30.3 Å². The number of aromatic nitrogens is 2. The molecule has 0 spiro atoms. The predicted octanol–water partition coefficient (Wildman–Crippen LogP) is 3.74. The first-order valence-corrected chi connectivity index (χ1v) is 9.17. The molecule has 0 saturated carbocycles. The monoisotopic (exact) mass is 358 g/mol. The third-order valence-corrected chi connectivity index (χ3v) is 4.01. The molecule has 0 bridgehead atoms. The molecule has 6 nitrogen and oxygen atoms in total. The van der Waals surface area contributed by atoms with Crippen LogP contribution in [0.2, 0.25) is 0 Å². The van der Waals surface area contributed by atoms with E-state index < -0.39 is 0 Å². The summed E-state index contributed by atoms with van der Waals surface area (Å²) in [7, 11) is 0. The molecule has 6 heteroatoms. The van der Waals surface area contributed by atoms with Crippen molar-refractivity contribution >= 4 is 6.03 Å². The lowest BCUT2D eigenvalue weighted by molar-refractivity contribution is 0.236. The number of rotatable bonds is 8. The van der Waals surface area contributed by atoms with E-state index in [1.54, 1.807) is 0 Å². The quantitative estimate of drug-likeness (QED) is 0.707. The maximum atomic E-state index is 12.1. The molecule has 0 aliphatic carbocycles. The van der Waals surface area contributed by atoms with Gasteiger partial charge in [-0.2, -0.15) is 5.10 Å². The van der Waals surface area contributed by atoms with E-state index >= 15 is 0 Å². The van der Waals surface area contributed by atoms with E-state index in [2.05, 4.69) is 21.8 Å². The summed E-state index contributed by atoms with van der Waals surface area (Å²) < 4.78 is 7.68. The number of nitrogens with zero attached hydrogens (tertiary/aromatic N) is 2. The number of hydrogen-bond donors (Lipinski definition) is 2. The van der Waals surface area contributed by atoms with Gasteiger partial charge in [-0.1, -0.05) is 12.1 Å². The largest absolute Gasteiger partial charge is 0.491 e. The van der Waals surface area contributed by atoms with Gasteiger partial charge < -0.3 is 15.4 Å². The Morgan fingerprint density at radius 1 is 1.23 bits per heavy atom.